The first kappa shape index (κ1) is 25.8. The molecule has 39 heavy (non-hydrogen) atoms. The lowest BCUT2D eigenvalue weighted by Gasteiger charge is -2.12. The molecule has 0 spiro atoms. The molecular formula is C29H28FN7O2. The van der Waals surface area contributed by atoms with Gasteiger partial charge in [-0.05, 0) is 62.6 Å². The van der Waals surface area contributed by atoms with Crippen LogP contribution in [0.2, 0.25) is 0 Å². The molecule has 0 aliphatic rings. The molecule has 2 N–H and O–H groups in total. The Bertz CT molecular complexity index is 1630. The van der Waals surface area contributed by atoms with Crippen LogP contribution < -0.4 is 15.4 Å². The zero-order valence-electron chi connectivity index (χ0n) is 21.9. The summed E-state index contributed by atoms with van der Waals surface area (Å²) in [5.74, 6) is 0.257. The Morgan fingerprint density at radius 1 is 1.08 bits per heavy atom. The van der Waals surface area contributed by atoms with Gasteiger partial charge >= 0.3 is 0 Å². The summed E-state index contributed by atoms with van der Waals surface area (Å²) in [5, 5.41) is 10.5. The Labute approximate surface area is 225 Å². The average Bonchev–Trinajstić information content (AvgIpc) is 3.30. The number of halogens is 1. The minimum Gasteiger partial charge on any atom is -0.492 e. The van der Waals surface area contributed by atoms with E-state index in [1.54, 1.807) is 28.9 Å². The highest BCUT2D eigenvalue weighted by Gasteiger charge is 2.19. The molecular weight excluding hydrogens is 497 g/mol. The van der Waals surface area contributed by atoms with Crippen LogP contribution >= 0.6 is 0 Å². The Morgan fingerprint density at radius 3 is 2.77 bits per heavy atom. The van der Waals surface area contributed by atoms with Crippen LogP contribution in [-0.4, -0.2) is 57.6 Å². The van der Waals surface area contributed by atoms with Gasteiger partial charge in [-0.2, -0.15) is 5.10 Å². The third kappa shape index (κ3) is 6.02. The lowest BCUT2D eigenvalue weighted by molar-refractivity contribution is -0.114. The van der Waals surface area contributed by atoms with Gasteiger partial charge in [-0.3, -0.25) is 4.79 Å². The van der Waals surface area contributed by atoms with E-state index in [9.17, 15) is 9.18 Å². The second-order valence-corrected chi connectivity index (χ2v) is 9.20. The van der Waals surface area contributed by atoms with Crippen molar-refractivity contribution in [3.63, 3.8) is 0 Å². The van der Waals surface area contributed by atoms with E-state index in [4.69, 9.17) is 14.8 Å². The molecule has 0 radical (unpaired) electrons. The van der Waals surface area contributed by atoms with Crippen molar-refractivity contribution in [1.29, 1.82) is 0 Å². The predicted octanol–water partition coefficient (Wildman–Crippen LogP) is 5.24. The van der Waals surface area contributed by atoms with E-state index in [2.05, 4.69) is 20.5 Å². The maximum Gasteiger partial charge on any atom is 0.227 e. The molecule has 0 atom stereocenters. The molecule has 1 amide bonds. The average molecular weight is 526 g/mol. The number of rotatable bonds is 9. The fourth-order valence-electron chi connectivity index (χ4n) is 4.11. The monoisotopic (exact) mass is 525 g/mol. The summed E-state index contributed by atoms with van der Waals surface area (Å²) in [4.78, 5) is 22.8. The van der Waals surface area contributed by atoms with Gasteiger partial charge in [-0.15, -0.1) is 0 Å². The normalized spacial score (nSPS) is 11.1. The molecule has 0 saturated carbocycles. The van der Waals surface area contributed by atoms with Gasteiger partial charge in [0, 0.05) is 43.2 Å². The van der Waals surface area contributed by atoms with Crippen molar-refractivity contribution in [2.24, 2.45) is 0 Å². The fourth-order valence-corrected chi connectivity index (χ4v) is 4.11. The Morgan fingerprint density at radius 2 is 1.95 bits per heavy atom. The number of nitrogens with zero attached hydrogens (tertiary/aromatic N) is 5. The van der Waals surface area contributed by atoms with E-state index in [1.165, 1.54) is 13.0 Å². The molecule has 2 aromatic carbocycles. The van der Waals surface area contributed by atoms with Gasteiger partial charge in [0.15, 0.2) is 0 Å². The topological polar surface area (TPSA) is 96.7 Å². The van der Waals surface area contributed by atoms with E-state index in [1.807, 2.05) is 62.8 Å². The molecule has 0 aliphatic carbocycles. The molecule has 0 unspecified atom stereocenters. The van der Waals surface area contributed by atoms with Crippen LogP contribution in [0.3, 0.4) is 0 Å². The molecule has 3 heterocycles. The summed E-state index contributed by atoms with van der Waals surface area (Å²) in [6, 6.07) is 19.7. The van der Waals surface area contributed by atoms with Crippen LogP contribution in [-0.2, 0) is 4.79 Å². The van der Waals surface area contributed by atoms with Crippen LogP contribution in [0, 0.1) is 5.82 Å². The summed E-state index contributed by atoms with van der Waals surface area (Å²) in [7, 11) is 4.00. The number of amides is 1. The number of carbonyl (C=O) groups is 1. The van der Waals surface area contributed by atoms with E-state index >= 15 is 0 Å². The third-order valence-electron chi connectivity index (χ3n) is 5.90. The summed E-state index contributed by atoms with van der Waals surface area (Å²) < 4.78 is 22.0. The van der Waals surface area contributed by atoms with Gasteiger partial charge in [0.2, 0.25) is 11.9 Å². The van der Waals surface area contributed by atoms with Gasteiger partial charge in [0.1, 0.15) is 23.9 Å². The van der Waals surface area contributed by atoms with Crippen LogP contribution in [0.5, 0.6) is 5.75 Å². The molecule has 10 heteroatoms. The number of benzene rings is 2. The highest BCUT2D eigenvalue weighted by molar-refractivity contribution is 5.93. The van der Waals surface area contributed by atoms with E-state index in [0.29, 0.717) is 29.5 Å². The van der Waals surface area contributed by atoms with Crippen molar-refractivity contribution in [3.8, 4) is 28.3 Å². The molecule has 0 fully saturated rings. The maximum atomic E-state index is 14.4. The first-order valence-electron chi connectivity index (χ1n) is 12.4. The van der Waals surface area contributed by atoms with Gasteiger partial charge in [-0.25, -0.2) is 18.9 Å². The number of fused-ring (bicyclic) bond motifs is 1. The van der Waals surface area contributed by atoms with Crippen molar-refractivity contribution in [2.45, 2.75) is 6.92 Å². The maximum absolute atomic E-state index is 14.4. The molecule has 0 bridgehead atoms. The number of ether oxygens (including phenoxy) is 1. The molecule has 0 saturated heterocycles. The molecule has 5 aromatic rings. The molecule has 198 valence electrons. The van der Waals surface area contributed by atoms with Crippen molar-refractivity contribution >= 4 is 28.7 Å². The van der Waals surface area contributed by atoms with E-state index in [0.717, 1.165) is 29.1 Å². The van der Waals surface area contributed by atoms with Crippen molar-refractivity contribution < 1.29 is 13.9 Å². The van der Waals surface area contributed by atoms with Crippen LogP contribution in [0.15, 0.2) is 79.1 Å². The molecule has 0 aliphatic heterocycles. The van der Waals surface area contributed by atoms with Gasteiger partial charge < -0.3 is 20.3 Å². The lowest BCUT2D eigenvalue weighted by Crippen LogP contribution is -2.19. The molecule has 3 aromatic heterocycles. The standard InChI is InChI=1S/C29H28FN7O2/c1-19(38)32-25-17-20(10-11-23(25)30)28-27(26-9-4-5-14-37(26)35-28)24-12-13-31-29(34-24)33-21-7-6-8-22(18-21)39-16-15-36(2)3/h4-14,17-18H,15-16H2,1-3H3,(H,32,38)(H,31,33,34). The number of likely N-dealkylation sites (N-methyl/N-ethyl adjacent to an activating group) is 1. The zero-order chi connectivity index (χ0) is 27.4. The molecule has 9 nitrogen and oxygen atoms in total. The first-order valence-corrected chi connectivity index (χ1v) is 12.4. The summed E-state index contributed by atoms with van der Waals surface area (Å²) in [5.41, 5.74) is 4.30. The van der Waals surface area contributed by atoms with Crippen molar-refractivity contribution in [2.75, 3.05) is 37.9 Å². The second kappa shape index (κ2) is 11.3. The highest BCUT2D eigenvalue weighted by Crippen LogP contribution is 2.36. The number of carbonyl (C=O) groups excluding carboxylic acids is 1. The number of pyridine rings is 1. The second-order valence-electron chi connectivity index (χ2n) is 9.20. The summed E-state index contributed by atoms with van der Waals surface area (Å²) in [6.07, 6.45) is 3.51. The van der Waals surface area contributed by atoms with Gasteiger partial charge in [0.05, 0.1) is 22.5 Å². The van der Waals surface area contributed by atoms with Crippen LogP contribution in [0.25, 0.3) is 28.0 Å². The molecule has 5 rings (SSSR count). The highest BCUT2D eigenvalue weighted by atomic mass is 19.1. The largest absolute Gasteiger partial charge is 0.492 e. The van der Waals surface area contributed by atoms with Crippen molar-refractivity contribution in [3.05, 3.63) is 84.9 Å². The smallest absolute Gasteiger partial charge is 0.227 e. The van der Waals surface area contributed by atoms with E-state index in [-0.39, 0.29) is 11.6 Å². The van der Waals surface area contributed by atoms with Gasteiger partial charge in [0.25, 0.3) is 0 Å². The summed E-state index contributed by atoms with van der Waals surface area (Å²) >= 11 is 0. The minimum atomic E-state index is -0.527. The quantitative estimate of drug-likeness (QED) is 0.272. The number of hydrogen-bond donors (Lipinski definition) is 2. The minimum absolute atomic E-state index is 0.0840. The third-order valence-corrected chi connectivity index (χ3v) is 5.90. The Balaban J connectivity index is 1.50. The Hall–Kier alpha value is -4.83. The number of anilines is 3. The first-order chi connectivity index (χ1) is 18.9. The number of nitrogens with one attached hydrogen (secondary N) is 2. The SMILES string of the molecule is CC(=O)Nc1cc(-c2nn3ccccc3c2-c2ccnc(Nc3cccc(OCCN(C)C)c3)n2)ccc1F. The van der Waals surface area contributed by atoms with E-state index < -0.39 is 5.82 Å². The van der Waals surface area contributed by atoms with Crippen LogP contribution in [0.4, 0.5) is 21.7 Å². The summed E-state index contributed by atoms with van der Waals surface area (Å²) in [6.45, 7) is 2.72. The predicted molar refractivity (Wildman–Crippen MR) is 150 cm³/mol. The van der Waals surface area contributed by atoms with Gasteiger partial charge in [-0.1, -0.05) is 12.1 Å². The van der Waals surface area contributed by atoms with Crippen molar-refractivity contribution in [1.82, 2.24) is 24.5 Å². The lowest BCUT2D eigenvalue weighted by atomic mass is 10.0. The zero-order valence-corrected chi connectivity index (χ0v) is 21.9. The fraction of sp³-hybridized carbons (Fsp3) is 0.172. The van der Waals surface area contributed by atoms with Crippen LogP contribution in [0.1, 0.15) is 6.92 Å². The Kier molecular flexibility index (Phi) is 7.46. The number of hydrogen-bond acceptors (Lipinski definition) is 7. The number of aromatic nitrogens is 4.